The summed E-state index contributed by atoms with van der Waals surface area (Å²) in [4.78, 5) is 38.4. The van der Waals surface area contributed by atoms with Gasteiger partial charge >= 0.3 is 12.1 Å². The number of hydrogen-bond acceptors (Lipinski definition) is 4. The van der Waals surface area contributed by atoms with E-state index in [4.69, 9.17) is 4.74 Å². The molecule has 3 aliphatic rings. The Morgan fingerprint density at radius 2 is 1.62 bits per heavy atom. The van der Waals surface area contributed by atoms with Crippen molar-refractivity contribution in [2.24, 2.45) is 17.8 Å². The highest BCUT2D eigenvalue weighted by Gasteiger charge is 2.60. The summed E-state index contributed by atoms with van der Waals surface area (Å²) < 4.78 is 5.65. The van der Waals surface area contributed by atoms with Gasteiger partial charge in [0, 0.05) is 31.5 Å². The maximum Gasteiger partial charge on any atom is 0.407 e. The van der Waals surface area contributed by atoms with Gasteiger partial charge in [-0.25, -0.2) is 4.79 Å². The van der Waals surface area contributed by atoms with Crippen molar-refractivity contribution in [3.05, 3.63) is 59.7 Å². The van der Waals surface area contributed by atoms with Crippen LogP contribution in [-0.4, -0.2) is 53.7 Å². The number of carboxylic acid groups (broad SMARTS) is 1. The van der Waals surface area contributed by atoms with Crippen LogP contribution in [0.25, 0.3) is 11.1 Å². The number of carbonyl (C=O) groups is 3. The molecule has 0 aromatic heterocycles. The highest BCUT2D eigenvalue weighted by Crippen LogP contribution is 2.51. The van der Waals surface area contributed by atoms with Crippen molar-refractivity contribution < 1.29 is 24.2 Å². The van der Waals surface area contributed by atoms with Gasteiger partial charge in [0.05, 0.1) is 5.92 Å². The van der Waals surface area contributed by atoms with E-state index >= 15 is 0 Å². The van der Waals surface area contributed by atoms with Crippen LogP contribution >= 0.6 is 0 Å². The topological polar surface area (TPSA) is 95.9 Å². The number of nitrogens with one attached hydrogen (secondary N) is 1. The molecule has 0 spiro atoms. The molecule has 1 heterocycles. The van der Waals surface area contributed by atoms with Gasteiger partial charge in [0.25, 0.3) is 0 Å². The van der Waals surface area contributed by atoms with Gasteiger partial charge in [0.15, 0.2) is 0 Å². The molecule has 2 N–H and O–H groups in total. The van der Waals surface area contributed by atoms with Crippen LogP contribution in [0.15, 0.2) is 48.5 Å². The van der Waals surface area contributed by atoms with Gasteiger partial charge in [-0.05, 0) is 40.5 Å². The number of carbonyl (C=O) groups excluding carboxylic acids is 2. The lowest BCUT2D eigenvalue weighted by atomic mass is 9.98. The lowest BCUT2D eigenvalue weighted by Crippen LogP contribution is -2.41. The highest BCUT2D eigenvalue weighted by molar-refractivity contribution is 5.81. The van der Waals surface area contributed by atoms with Crippen LogP contribution in [-0.2, 0) is 14.3 Å². The first-order valence-electron chi connectivity index (χ1n) is 12.1. The molecule has 1 saturated heterocycles. The quantitative estimate of drug-likeness (QED) is 0.621. The Morgan fingerprint density at radius 3 is 2.18 bits per heavy atom. The number of nitrogens with zero attached hydrogens (tertiary/aromatic N) is 1. The average Bonchev–Trinajstić information content (AvgIpc) is 3.18. The fourth-order valence-electron chi connectivity index (χ4n) is 5.82. The summed E-state index contributed by atoms with van der Waals surface area (Å²) in [5.41, 5.74) is 4.67. The minimum atomic E-state index is -0.761. The molecular weight excluding hydrogens is 432 g/mol. The number of carboxylic acids is 1. The number of fused-ring (bicyclic) bond motifs is 4. The predicted octanol–water partition coefficient (Wildman–Crippen LogP) is 3.87. The normalized spacial score (nSPS) is 23.0. The minimum absolute atomic E-state index is 0.0112. The van der Waals surface area contributed by atoms with Crippen molar-refractivity contribution in [3.63, 3.8) is 0 Å². The van der Waals surface area contributed by atoms with Crippen LogP contribution in [0.4, 0.5) is 4.79 Å². The van der Waals surface area contributed by atoms with E-state index in [1.165, 1.54) is 11.1 Å². The number of rotatable bonds is 8. The van der Waals surface area contributed by atoms with E-state index < -0.39 is 12.1 Å². The van der Waals surface area contributed by atoms with Crippen LogP contribution in [0, 0.1) is 17.8 Å². The highest BCUT2D eigenvalue weighted by atomic mass is 16.5. The van der Waals surface area contributed by atoms with Gasteiger partial charge in [0.2, 0.25) is 5.91 Å². The number of ether oxygens (including phenoxy) is 1. The fraction of sp³-hybridized carbons (Fsp3) is 0.444. The first-order chi connectivity index (χ1) is 16.5. The molecule has 34 heavy (non-hydrogen) atoms. The van der Waals surface area contributed by atoms with E-state index in [9.17, 15) is 19.5 Å². The van der Waals surface area contributed by atoms with Crippen LogP contribution < -0.4 is 5.32 Å². The number of aliphatic carboxylic acids is 1. The molecule has 5 rings (SSSR count). The largest absolute Gasteiger partial charge is 0.481 e. The summed E-state index contributed by atoms with van der Waals surface area (Å²) in [7, 11) is 0. The van der Waals surface area contributed by atoms with Crippen molar-refractivity contribution >= 4 is 18.0 Å². The van der Waals surface area contributed by atoms with Crippen LogP contribution in [0.5, 0.6) is 0 Å². The Morgan fingerprint density at radius 1 is 1.03 bits per heavy atom. The molecule has 2 unspecified atom stereocenters. The smallest absolute Gasteiger partial charge is 0.407 e. The zero-order chi connectivity index (χ0) is 23.8. The SMILES string of the molecule is CCC[C@@H](CC(=O)N1CC2C(C1)C2C(=O)O)NC(=O)OCC1c2ccccc2-c2ccccc21. The van der Waals surface area contributed by atoms with E-state index in [0.29, 0.717) is 19.5 Å². The third-order valence-electron chi connectivity index (χ3n) is 7.56. The molecule has 2 aromatic rings. The first-order valence-corrected chi connectivity index (χ1v) is 12.1. The molecule has 2 amide bonds. The number of alkyl carbamates (subject to hydrolysis) is 1. The summed E-state index contributed by atoms with van der Waals surface area (Å²) in [6.45, 7) is 3.26. The first kappa shape index (κ1) is 22.4. The molecule has 1 aliphatic heterocycles. The molecule has 2 fully saturated rings. The van der Waals surface area contributed by atoms with Crippen molar-refractivity contribution in [2.75, 3.05) is 19.7 Å². The lowest BCUT2D eigenvalue weighted by Gasteiger charge is -2.24. The van der Waals surface area contributed by atoms with E-state index in [1.807, 2.05) is 31.2 Å². The third kappa shape index (κ3) is 4.15. The number of amides is 2. The summed E-state index contributed by atoms with van der Waals surface area (Å²) in [6.07, 6.45) is 1.20. The predicted molar refractivity (Wildman–Crippen MR) is 126 cm³/mol. The Kier molecular flexibility index (Phi) is 6.02. The van der Waals surface area contributed by atoms with Crippen LogP contribution in [0.1, 0.15) is 43.2 Å². The lowest BCUT2D eigenvalue weighted by molar-refractivity contribution is -0.141. The monoisotopic (exact) mass is 462 g/mol. The van der Waals surface area contributed by atoms with Gasteiger partial charge in [-0.15, -0.1) is 0 Å². The molecule has 7 heteroatoms. The zero-order valence-corrected chi connectivity index (χ0v) is 19.3. The number of hydrogen-bond donors (Lipinski definition) is 2. The second kappa shape index (κ2) is 9.12. The molecule has 7 nitrogen and oxygen atoms in total. The zero-order valence-electron chi connectivity index (χ0n) is 19.3. The maximum absolute atomic E-state index is 12.8. The average molecular weight is 463 g/mol. The minimum Gasteiger partial charge on any atom is -0.481 e. The Hall–Kier alpha value is -3.35. The summed E-state index contributed by atoms with van der Waals surface area (Å²) in [5, 5.41) is 12.1. The van der Waals surface area contributed by atoms with Crippen molar-refractivity contribution in [2.45, 2.75) is 38.1 Å². The van der Waals surface area contributed by atoms with Gasteiger partial charge < -0.3 is 20.1 Å². The molecule has 178 valence electrons. The molecule has 0 bridgehead atoms. The van der Waals surface area contributed by atoms with Gasteiger partial charge in [-0.3, -0.25) is 9.59 Å². The number of likely N-dealkylation sites (tertiary alicyclic amines) is 1. The third-order valence-corrected chi connectivity index (χ3v) is 7.56. The molecule has 2 aromatic carbocycles. The maximum atomic E-state index is 12.8. The molecule has 3 atom stereocenters. The Bertz CT molecular complexity index is 1060. The van der Waals surface area contributed by atoms with E-state index in [1.54, 1.807) is 4.90 Å². The molecule has 2 aliphatic carbocycles. The van der Waals surface area contributed by atoms with Crippen molar-refractivity contribution in [1.82, 2.24) is 10.2 Å². The summed E-state index contributed by atoms with van der Waals surface area (Å²) in [6, 6.07) is 16.1. The van der Waals surface area contributed by atoms with Crippen molar-refractivity contribution in [3.8, 4) is 11.1 Å². The molecular formula is C27H30N2O5. The van der Waals surface area contributed by atoms with Gasteiger partial charge in [0.1, 0.15) is 6.61 Å². The Balaban J connectivity index is 1.16. The second-order valence-corrected chi connectivity index (χ2v) is 9.65. The van der Waals surface area contributed by atoms with Gasteiger partial charge in [-0.2, -0.15) is 0 Å². The van der Waals surface area contributed by atoms with E-state index in [-0.39, 0.29) is 48.6 Å². The van der Waals surface area contributed by atoms with E-state index in [2.05, 4.69) is 29.6 Å². The standard InChI is InChI=1S/C27H30N2O5/c1-2-7-16(12-24(30)29-13-21-22(14-29)25(21)26(31)32)28-27(33)34-15-23-19-10-5-3-8-17(19)18-9-4-6-11-20(18)23/h3-6,8-11,16,21-23,25H,2,7,12-15H2,1H3,(H,28,33)(H,31,32)/t16-,21?,22?,25?/m0/s1. The Labute approximate surface area is 199 Å². The van der Waals surface area contributed by atoms with Crippen molar-refractivity contribution in [1.29, 1.82) is 0 Å². The summed E-state index contributed by atoms with van der Waals surface area (Å²) >= 11 is 0. The fourth-order valence-corrected chi connectivity index (χ4v) is 5.82. The summed E-state index contributed by atoms with van der Waals surface area (Å²) in [5.74, 6) is -0.934. The van der Waals surface area contributed by atoms with Crippen LogP contribution in [0.3, 0.4) is 0 Å². The van der Waals surface area contributed by atoms with Crippen LogP contribution in [0.2, 0.25) is 0 Å². The van der Waals surface area contributed by atoms with Gasteiger partial charge in [-0.1, -0.05) is 61.9 Å². The second-order valence-electron chi connectivity index (χ2n) is 9.65. The number of piperidine rings is 1. The molecule has 0 radical (unpaired) electrons. The molecule has 1 saturated carbocycles. The number of benzene rings is 2. The van der Waals surface area contributed by atoms with E-state index in [0.717, 1.165) is 17.5 Å².